The summed E-state index contributed by atoms with van der Waals surface area (Å²) in [7, 11) is 2.12. The standard InChI is InChI=1S/C18H29N5O3/c1-18(2,16(24)25)14-11-19-17(20-13-5-4-6-22(3)12-13)21-15(14)23-7-9-26-10-8-23/h11,13H,4-10,12H2,1-3H3,(H,24,25)(H,19,20,21). The lowest BCUT2D eigenvalue weighted by Crippen LogP contribution is -2.41. The van der Waals surface area contributed by atoms with Crippen LogP contribution in [0, 0.1) is 0 Å². The Morgan fingerprint density at radius 3 is 2.73 bits per heavy atom. The van der Waals surface area contributed by atoms with Crippen molar-refractivity contribution < 1.29 is 14.6 Å². The van der Waals surface area contributed by atoms with E-state index in [0.717, 1.165) is 25.9 Å². The van der Waals surface area contributed by atoms with Gasteiger partial charge in [-0.3, -0.25) is 4.79 Å². The number of nitrogens with zero attached hydrogens (tertiary/aromatic N) is 4. The summed E-state index contributed by atoms with van der Waals surface area (Å²) in [4.78, 5) is 25.3. The Bertz CT molecular complexity index is 646. The Labute approximate surface area is 154 Å². The molecule has 3 heterocycles. The molecule has 2 fully saturated rings. The van der Waals surface area contributed by atoms with Crippen molar-refractivity contribution in [2.45, 2.75) is 38.1 Å². The highest BCUT2D eigenvalue weighted by molar-refractivity contribution is 5.82. The number of carboxylic acid groups (broad SMARTS) is 1. The summed E-state index contributed by atoms with van der Waals surface area (Å²) in [5.74, 6) is 0.379. The number of morpholine rings is 1. The predicted molar refractivity (Wildman–Crippen MR) is 99.9 cm³/mol. The second-order valence-electron chi connectivity index (χ2n) is 7.71. The summed E-state index contributed by atoms with van der Waals surface area (Å²) in [6, 6.07) is 0.310. The maximum Gasteiger partial charge on any atom is 0.313 e. The number of nitrogens with one attached hydrogen (secondary N) is 1. The van der Waals surface area contributed by atoms with E-state index < -0.39 is 11.4 Å². The van der Waals surface area contributed by atoms with Crippen LogP contribution in [0.2, 0.25) is 0 Å². The van der Waals surface area contributed by atoms with E-state index in [-0.39, 0.29) is 0 Å². The number of hydrogen-bond donors (Lipinski definition) is 2. The summed E-state index contributed by atoms with van der Waals surface area (Å²) in [6.07, 6.45) is 3.90. The van der Waals surface area contributed by atoms with E-state index in [4.69, 9.17) is 9.72 Å². The summed E-state index contributed by atoms with van der Waals surface area (Å²) >= 11 is 0. The summed E-state index contributed by atoms with van der Waals surface area (Å²) < 4.78 is 5.44. The van der Waals surface area contributed by atoms with Crippen LogP contribution in [0.4, 0.5) is 11.8 Å². The summed E-state index contributed by atoms with van der Waals surface area (Å²) in [5.41, 5.74) is -0.421. The fraction of sp³-hybridized carbons (Fsp3) is 0.722. The van der Waals surface area contributed by atoms with Gasteiger partial charge in [0.15, 0.2) is 0 Å². The summed E-state index contributed by atoms with van der Waals surface area (Å²) in [6.45, 7) is 8.10. The van der Waals surface area contributed by atoms with E-state index in [1.54, 1.807) is 20.0 Å². The molecule has 0 spiro atoms. The van der Waals surface area contributed by atoms with E-state index in [1.165, 1.54) is 0 Å². The number of ether oxygens (including phenoxy) is 1. The zero-order valence-corrected chi connectivity index (χ0v) is 15.9. The van der Waals surface area contributed by atoms with Gasteiger partial charge in [-0.1, -0.05) is 0 Å². The van der Waals surface area contributed by atoms with Gasteiger partial charge in [-0.2, -0.15) is 4.98 Å². The Hall–Kier alpha value is -1.93. The molecule has 144 valence electrons. The largest absolute Gasteiger partial charge is 0.481 e. The molecule has 1 aromatic rings. The second kappa shape index (κ2) is 7.75. The van der Waals surface area contributed by atoms with Gasteiger partial charge in [-0.25, -0.2) is 4.98 Å². The van der Waals surface area contributed by atoms with Gasteiger partial charge in [0.05, 0.1) is 18.6 Å². The van der Waals surface area contributed by atoms with Crippen molar-refractivity contribution in [3.8, 4) is 0 Å². The van der Waals surface area contributed by atoms with Crippen molar-refractivity contribution >= 4 is 17.7 Å². The van der Waals surface area contributed by atoms with Crippen LogP contribution in [-0.2, 0) is 14.9 Å². The van der Waals surface area contributed by atoms with Crippen LogP contribution in [0.25, 0.3) is 0 Å². The number of hydrogen-bond acceptors (Lipinski definition) is 7. The number of likely N-dealkylation sites (N-methyl/N-ethyl adjacent to an activating group) is 1. The van der Waals surface area contributed by atoms with E-state index in [0.29, 0.717) is 49.7 Å². The third-order valence-corrected chi connectivity index (χ3v) is 5.24. The molecule has 0 aromatic carbocycles. The van der Waals surface area contributed by atoms with Crippen LogP contribution in [0.1, 0.15) is 32.3 Å². The molecule has 0 radical (unpaired) electrons. The van der Waals surface area contributed by atoms with Crippen molar-refractivity contribution in [2.24, 2.45) is 0 Å². The van der Waals surface area contributed by atoms with Gasteiger partial charge < -0.3 is 25.0 Å². The monoisotopic (exact) mass is 363 g/mol. The highest BCUT2D eigenvalue weighted by Gasteiger charge is 2.35. The van der Waals surface area contributed by atoms with Crippen LogP contribution in [0.3, 0.4) is 0 Å². The molecule has 8 nitrogen and oxygen atoms in total. The van der Waals surface area contributed by atoms with Crippen molar-refractivity contribution in [3.63, 3.8) is 0 Å². The molecule has 0 bridgehead atoms. The molecule has 2 saturated heterocycles. The first-order chi connectivity index (χ1) is 12.4. The number of likely N-dealkylation sites (tertiary alicyclic amines) is 1. The first-order valence-electron chi connectivity index (χ1n) is 9.26. The van der Waals surface area contributed by atoms with Crippen molar-refractivity contribution in [3.05, 3.63) is 11.8 Å². The Morgan fingerprint density at radius 1 is 1.35 bits per heavy atom. The number of aliphatic carboxylic acids is 1. The number of piperidine rings is 1. The SMILES string of the molecule is CN1CCCC(Nc2ncc(C(C)(C)C(=O)O)c(N3CCOCC3)n2)C1. The number of rotatable bonds is 5. The number of aromatic nitrogens is 2. The van der Waals surface area contributed by atoms with Crippen LogP contribution in [0.5, 0.6) is 0 Å². The van der Waals surface area contributed by atoms with Gasteiger partial charge in [0.25, 0.3) is 0 Å². The molecule has 0 saturated carbocycles. The first kappa shape index (κ1) is 18.8. The summed E-state index contributed by atoms with van der Waals surface area (Å²) in [5, 5.41) is 13.1. The zero-order valence-electron chi connectivity index (χ0n) is 15.9. The molecule has 2 aliphatic rings. The average Bonchev–Trinajstić information content (AvgIpc) is 2.62. The molecule has 2 N–H and O–H groups in total. The Kier molecular flexibility index (Phi) is 5.62. The van der Waals surface area contributed by atoms with Gasteiger partial charge in [0.2, 0.25) is 5.95 Å². The van der Waals surface area contributed by atoms with E-state index in [2.05, 4.69) is 27.1 Å². The minimum absolute atomic E-state index is 0.310. The zero-order chi connectivity index (χ0) is 18.7. The Morgan fingerprint density at radius 2 is 2.08 bits per heavy atom. The lowest BCUT2D eigenvalue weighted by molar-refractivity contribution is -0.142. The van der Waals surface area contributed by atoms with E-state index in [1.807, 2.05) is 0 Å². The van der Waals surface area contributed by atoms with Gasteiger partial charge >= 0.3 is 5.97 Å². The van der Waals surface area contributed by atoms with E-state index >= 15 is 0 Å². The lowest BCUT2D eigenvalue weighted by atomic mass is 9.85. The maximum atomic E-state index is 11.8. The molecule has 2 aliphatic heterocycles. The van der Waals surface area contributed by atoms with Crippen LogP contribution in [0.15, 0.2) is 6.20 Å². The third-order valence-electron chi connectivity index (χ3n) is 5.24. The quantitative estimate of drug-likeness (QED) is 0.806. The van der Waals surface area contributed by atoms with Gasteiger partial charge in [0, 0.05) is 37.4 Å². The molecule has 1 aromatic heterocycles. The molecule has 0 amide bonds. The fourth-order valence-corrected chi connectivity index (χ4v) is 3.48. The highest BCUT2D eigenvalue weighted by atomic mass is 16.5. The molecule has 3 rings (SSSR count). The van der Waals surface area contributed by atoms with Crippen molar-refractivity contribution in [1.82, 2.24) is 14.9 Å². The third kappa shape index (κ3) is 4.07. The van der Waals surface area contributed by atoms with Crippen molar-refractivity contribution in [1.29, 1.82) is 0 Å². The topological polar surface area (TPSA) is 90.8 Å². The molecule has 8 heteroatoms. The maximum absolute atomic E-state index is 11.8. The molecule has 1 unspecified atom stereocenters. The number of carboxylic acids is 1. The van der Waals surface area contributed by atoms with Crippen LogP contribution in [-0.4, -0.2) is 78.4 Å². The average molecular weight is 363 g/mol. The first-order valence-corrected chi connectivity index (χ1v) is 9.26. The van der Waals surface area contributed by atoms with Crippen LogP contribution < -0.4 is 10.2 Å². The minimum Gasteiger partial charge on any atom is -0.481 e. The fourth-order valence-electron chi connectivity index (χ4n) is 3.48. The minimum atomic E-state index is -1.06. The molecule has 26 heavy (non-hydrogen) atoms. The Balaban J connectivity index is 1.89. The molecular formula is C18H29N5O3. The lowest BCUT2D eigenvalue weighted by Gasteiger charge is -2.33. The highest BCUT2D eigenvalue weighted by Crippen LogP contribution is 2.32. The molecule has 0 aliphatic carbocycles. The van der Waals surface area contributed by atoms with Gasteiger partial charge in [-0.05, 0) is 40.3 Å². The number of anilines is 2. The molecular weight excluding hydrogens is 334 g/mol. The molecule has 1 atom stereocenters. The smallest absolute Gasteiger partial charge is 0.313 e. The van der Waals surface area contributed by atoms with Crippen molar-refractivity contribution in [2.75, 3.05) is 56.7 Å². The normalized spacial score (nSPS) is 22.3. The predicted octanol–water partition coefficient (Wildman–Crippen LogP) is 1.18. The second-order valence-corrected chi connectivity index (χ2v) is 7.71. The van der Waals surface area contributed by atoms with E-state index in [9.17, 15) is 9.90 Å². The van der Waals surface area contributed by atoms with Crippen LogP contribution >= 0.6 is 0 Å². The van der Waals surface area contributed by atoms with Gasteiger partial charge in [0.1, 0.15) is 5.82 Å². The van der Waals surface area contributed by atoms with Gasteiger partial charge in [-0.15, -0.1) is 0 Å². The number of carbonyl (C=O) groups is 1.